The molecule has 2 aliphatic rings. The van der Waals surface area contributed by atoms with Gasteiger partial charge in [-0.3, -0.25) is 9.69 Å². The second-order valence-corrected chi connectivity index (χ2v) is 7.16. The van der Waals surface area contributed by atoms with Crippen LogP contribution in [0.3, 0.4) is 0 Å². The topological polar surface area (TPSA) is 49.3 Å². The van der Waals surface area contributed by atoms with Gasteiger partial charge in [-0.05, 0) is 50.2 Å². The summed E-state index contributed by atoms with van der Waals surface area (Å²) in [5.74, 6) is 1.07. The van der Waals surface area contributed by atoms with Crippen molar-refractivity contribution in [3.63, 3.8) is 0 Å². The SMILES string of the molecule is CC(C)N1C[C@@H](C)[C@@H](N(C)C(=O)c2cc(C3CC3)cnn2)C1. The summed E-state index contributed by atoms with van der Waals surface area (Å²) in [6.45, 7) is 8.64. The van der Waals surface area contributed by atoms with E-state index in [9.17, 15) is 4.79 Å². The molecule has 0 N–H and O–H groups in total. The standard InChI is InChI=1S/C17H26N4O/c1-11(2)21-9-12(3)16(10-21)20(4)17(22)15-7-14(8-18-19-15)13-5-6-13/h7-8,11-13,16H,5-6,9-10H2,1-4H3/t12-,16+/m1/s1. The molecular weight excluding hydrogens is 276 g/mol. The quantitative estimate of drug-likeness (QED) is 0.855. The highest BCUT2D eigenvalue weighted by atomic mass is 16.2. The van der Waals surface area contributed by atoms with E-state index < -0.39 is 0 Å². The van der Waals surface area contributed by atoms with Gasteiger partial charge in [-0.2, -0.15) is 5.10 Å². The van der Waals surface area contributed by atoms with Crippen molar-refractivity contribution in [3.8, 4) is 0 Å². The van der Waals surface area contributed by atoms with Gasteiger partial charge in [0.25, 0.3) is 5.91 Å². The summed E-state index contributed by atoms with van der Waals surface area (Å²) in [6.07, 6.45) is 4.21. The molecule has 1 aliphatic carbocycles. The lowest BCUT2D eigenvalue weighted by Gasteiger charge is -2.27. The number of amides is 1. The molecule has 1 amide bonds. The average Bonchev–Trinajstić information content (AvgIpc) is 3.28. The summed E-state index contributed by atoms with van der Waals surface area (Å²) in [5, 5.41) is 8.10. The summed E-state index contributed by atoms with van der Waals surface area (Å²) in [6, 6.07) is 2.71. The van der Waals surface area contributed by atoms with Gasteiger partial charge in [-0.1, -0.05) is 6.92 Å². The largest absolute Gasteiger partial charge is 0.336 e. The number of hydrogen-bond donors (Lipinski definition) is 0. The minimum atomic E-state index is -0.00236. The average molecular weight is 302 g/mol. The Morgan fingerprint density at radius 3 is 2.68 bits per heavy atom. The normalized spacial score (nSPS) is 25.7. The lowest BCUT2D eigenvalue weighted by atomic mass is 10.0. The third-order valence-corrected chi connectivity index (χ3v) is 5.09. The summed E-state index contributed by atoms with van der Waals surface area (Å²) in [7, 11) is 1.90. The maximum absolute atomic E-state index is 12.8. The zero-order chi connectivity index (χ0) is 15.9. The Morgan fingerprint density at radius 2 is 2.09 bits per heavy atom. The van der Waals surface area contributed by atoms with Gasteiger partial charge in [0.15, 0.2) is 5.69 Å². The molecule has 3 rings (SSSR count). The van der Waals surface area contributed by atoms with E-state index in [0.717, 1.165) is 18.7 Å². The van der Waals surface area contributed by atoms with Crippen LogP contribution in [-0.4, -0.2) is 58.1 Å². The molecule has 0 unspecified atom stereocenters. The minimum Gasteiger partial charge on any atom is -0.336 e. The van der Waals surface area contributed by atoms with Crippen molar-refractivity contribution in [1.29, 1.82) is 0 Å². The maximum Gasteiger partial charge on any atom is 0.274 e. The zero-order valence-corrected chi connectivity index (χ0v) is 14.0. The Balaban J connectivity index is 1.72. The molecule has 1 saturated carbocycles. The summed E-state index contributed by atoms with van der Waals surface area (Å²) < 4.78 is 0. The van der Waals surface area contributed by atoms with Crippen molar-refractivity contribution in [3.05, 3.63) is 23.5 Å². The molecular formula is C17H26N4O. The second-order valence-electron chi connectivity index (χ2n) is 7.16. The Morgan fingerprint density at radius 1 is 1.36 bits per heavy atom. The first kappa shape index (κ1) is 15.4. The predicted octanol–water partition coefficient (Wildman–Crippen LogP) is 2.15. The van der Waals surface area contributed by atoms with Crippen LogP contribution in [0.4, 0.5) is 0 Å². The molecule has 2 atom stereocenters. The molecule has 1 aliphatic heterocycles. The molecule has 2 heterocycles. The summed E-state index contributed by atoms with van der Waals surface area (Å²) in [5.41, 5.74) is 1.65. The van der Waals surface area contributed by atoms with Gasteiger partial charge in [-0.25, -0.2) is 0 Å². The number of rotatable bonds is 4. The predicted molar refractivity (Wildman–Crippen MR) is 85.8 cm³/mol. The van der Waals surface area contributed by atoms with Gasteiger partial charge in [0.2, 0.25) is 0 Å². The molecule has 2 fully saturated rings. The maximum atomic E-state index is 12.8. The van der Waals surface area contributed by atoms with E-state index in [2.05, 4.69) is 35.9 Å². The fraction of sp³-hybridized carbons (Fsp3) is 0.706. The van der Waals surface area contributed by atoms with Crippen LogP contribution in [0, 0.1) is 5.92 Å². The second kappa shape index (κ2) is 5.95. The summed E-state index contributed by atoms with van der Waals surface area (Å²) >= 11 is 0. The molecule has 0 spiro atoms. The van der Waals surface area contributed by atoms with Crippen LogP contribution in [0.5, 0.6) is 0 Å². The van der Waals surface area contributed by atoms with Crippen molar-refractivity contribution < 1.29 is 4.79 Å². The molecule has 1 aromatic rings. The first-order valence-electron chi connectivity index (χ1n) is 8.31. The molecule has 0 bridgehead atoms. The van der Waals surface area contributed by atoms with Crippen LogP contribution in [0.15, 0.2) is 12.3 Å². The number of aromatic nitrogens is 2. The number of likely N-dealkylation sites (tertiary alicyclic amines) is 1. The van der Waals surface area contributed by atoms with E-state index in [1.54, 1.807) is 6.20 Å². The number of likely N-dealkylation sites (N-methyl/N-ethyl adjacent to an activating group) is 1. The van der Waals surface area contributed by atoms with E-state index in [-0.39, 0.29) is 11.9 Å². The van der Waals surface area contributed by atoms with Gasteiger partial charge in [0, 0.05) is 32.2 Å². The van der Waals surface area contributed by atoms with Crippen molar-refractivity contribution in [1.82, 2.24) is 20.0 Å². The molecule has 5 nitrogen and oxygen atoms in total. The molecule has 0 aromatic carbocycles. The van der Waals surface area contributed by atoms with E-state index in [1.807, 2.05) is 18.0 Å². The van der Waals surface area contributed by atoms with Crippen LogP contribution in [0.2, 0.25) is 0 Å². The molecule has 0 radical (unpaired) electrons. The Bertz CT molecular complexity index is 555. The number of hydrogen-bond acceptors (Lipinski definition) is 4. The first-order valence-corrected chi connectivity index (χ1v) is 8.31. The zero-order valence-electron chi connectivity index (χ0n) is 14.0. The molecule has 120 valence electrons. The van der Waals surface area contributed by atoms with E-state index in [0.29, 0.717) is 23.6 Å². The van der Waals surface area contributed by atoms with Gasteiger partial charge in [-0.15, -0.1) is 5.10 Å². The van der Waals surface area contributed by atoms with Crippen LogP contribution in [0.25, 0.3) is 0 Å². The van der Waals surface area contributed by atoms with E-state index >= 15 is 0 Å². The van der Waals surface area contributed by atoms with Crippen molar-refractivity contribution in [2.24, 2.45) is 5.92 Å². The van der Waals surface area contributed by atoms with Gasteiger partial charge >= 0.3 is 0 Å². The fourth-order valence-electron chi connectivity index (χ4n) is 3.37. The number of carbonyl (C=O) groups is 1. The Hall–Kier alpha value is -1.49. The Kier molecular flexibility index (Phi) is 4.17. The smallest absolute Gasteiger partial charge is 0.274 e. The molecule has 1 aromatic heterocycles. The first-order chi connectivity index (χ1) is 10.5. The van der Waals surface area contributed by atoms with Gasteiger partial charge in [0.1, 0.15) is 0 Å². The molecule has 22 heavy (non-hydrogen) atoms. The van der Waals surface area contributed by atoms with Crippen LogP contribution >= 0.6 is 0 Å². The third-order valence-electron chi connectivity index (χ3n) is 5.09. The monoisotopic (exact) mass is 302 g/mol. The third kappa shape index (κ3) is 3.00. The van der Waals surface area contributed by atoms with Crippen molar-refractivity contribution in [2.45, 2.75) is 51.6 Å². The van der Waals surface area contributed by atoms with Crippen LogP contribution in [0.1, 0.15) is 55.6 Å². The van der Waals surface area contributed by atoms with E-state index in [1.165, 1.54) is 12.8 Å². The van der Waals surface area contributed by atoms with Crippen molar-refractivity contribution in [2.75, 3.05) is 20.1 Å². The van der Waals surface area contributed by atoms with Gasteiger partial charge in [0.05, 0.1) is 6.20 Å². The van der Waals surface area contributed by atoms with E-state index in [4.69, 9.17) is 0 Å². The molecule has 5 heteroatoms. The lowest BCUT2D eigenvalue weighted by Crippen LogP contribution is -2.42. The lowest BCUT2D eigenvalue weighted by molar-refractivity contribution is 0.0701. The summed E-state index contributed by atoms with van der Waals surface area (Å²) in [4.78, 5) is 17.1. The van der Waals surface area contributed by atoms with Crippen molar-refractivity contribution >= 4 is 5.91 Å². The highest BCUT2D eigenvalue weighted by molar-refractivity contribution is 5.92. The number of nitrogens with zero attached hydrogens (tertiary/aromatic N) is 4. The molecule has 1 saturated heterocycles. The number of carbonyl (C=O) groups excluding carboxylic acids is 1. The Labute approximate surface area is 132 Å². The van der Waals surface area contributed by atoms with Gasteiger partial charge < -0.3 is 4.90 Å². The fourth-order valence-corrected chi connectivity index (χ4v) is 3.37. The van der Waals surface area contributed by atoms with Crippen LogP contribution < -0.4 is 0 Å². The highest BCUT2D eigenvalue weighted by Gasteiger charge is 2.36. The van der Waals surface area contributed by atoms with Crippen LogP contribution in [-0.2, 0) is 0 Å². The highest BCUT2D eigenvalue weighted by Crippen LogP contribution is 2.39. The minimum absolute atomic E-state index is 0.00236.